The molecule has 0 spiro atoms. The van der Waals surface area contributed by atoms with Gasteiger partial charge in [0.1, 0.15) is 5.82 Å². The SMILES string of the molecule is C=CC(=O)N[C@H]1CC[C@@H](Nc2nc(Nc3ccc(N(C)C)cc3)nc3ccsc23)CC1. The highest BCUT2D eigenvalue weighted by Gasteiger charge is 2.23. The average Bonchev–Trinajstić information content (AvgIpc) is 3.24. The summed E-state index contributed by atoms with van der Waals surface area (Å²) in [5, 5.41) is 12.0. The van der Waals surface area contributed by atoms with E-state index in [1.54, 1.807) is 11.3 Å². The normalized spacial score (nSPS) is 18.4. The van der Waals surface area contributed by atoms with E-state index in [-0.39, 0.29) is 11.9 Å². The molecule has 1 aliphatic carbocycles. The lowest BCUT2D eigenvalue weighted by molar-refractivity contribution is -0.117. The first-order valence-electron chi connectivity index (χ1n) is 10.5. The molecule has 2 heterocycles. The molecule has 1 aliphatic rings. The van der Waals surface area contributed by atoms with Gasteiger partial charge in [0.25, 0.3) is 0 Å². The van der Waals surface area contributed by atoms with Gasteiger partial charge in [-0.15, -0.1) is 11.3 Å². The largest absolute Gasteiger partial charge is 0.378 e. The maximum Gasteiger partial charge on any atom is 0.243 e. The van der Waals surface area contributed by atoms with Gasteiger partial charge in [0.05, 0.1) is 10.2 Å². The summed E-state index contributed by atoms with van der Waals surface area (Å²) in [5.74, 6) is 1.35. The van der Waals surface area contributed by atoms with Gasteiger partial charge in [0.15, 0.2) is 0 Å². The number of carbonyl (C=O) groups is 1. The number of fused-ring (bicyclic) bond motifs is 1. The van der Waals surface area contributed by atoms with Crippen LogP contribution in [0.4, 0.5) is 23.1 Å². The maximum absolute atomic E-state index is 11.5. The second kappa shape index (κ2) is 9.34. The quantitative estimate of drug-likeness (QED) is 0.472. The molecule has 2 aromatic heterocycles. The molecule has 162 valence electrons. The Bertz CT molecular complexity index is 1050. The minimum atomic E-state index is -0.0955. The first kappa shape index (κ1) is 21.1. The first-order valence-corrected chi connectivity index (χ1v) is 11.4. The predicted octanol–water partition coefficient (Wildman–Crippen LogP) is 4.53. The Hall–Kier alpha value is -3.13. The van der Waals surface area contributed by atoms with Crippen molar-refractivity contribution in [3.63, 3.8) is 0 Å². The Labute approximate surface area is 186 Å². The summed E-state index contributed by atoms with van der Waals surface area (Å²) >= 11 is 1.65. The van der Waals surface area contributed by atoms with E-state index in [1.807, 2.05) is 37.7 Å². The summed E-state index contributed by atoms with van der Waals surface area (Å²) in [5.41, 5.74) is 3.02. The smallest absolute Gasteiger partial charge is 0.243 e. The number of aromatic nitrogens is 2. The van der Waals surface area contributed by atoms with Crippen LogP contribution in [0.25, 0.3) is 10.2 Å². The van der Waals surface area contributed by atoms with Crippen molar-refractivity contribution in [3.8, 4) is 0 Å². The van der Waals surface area contributed by atoms with Crippen molar-refractivity contribution in [1.82, 2.24) is 15.3 Å². The molecule has 0 unspecified atom stereocenters. The van der Waals surface area contributed by atoms with E-state index in [4.69, 9.17) is 4.98 Å². The Morgan fingerprint density at radius 1 is 1.10 bits per heavy atom. The lowest BCUT2D eigenvalue weighted by atomic mass is 9.91. The molecule has 1 saturated carbocycles. The molecular formula is C23H28N6OS. The standard InChI is InChI=1S/C23H28N6OS/c1-4-20(30)24-15-5-7-16(8-6-15)25-22-21-19(13-14-31-21)27-23(28-22)26-17-9-11-18(12-10-17)29(2)3/h4,9-16H,1,5-8H2,2-3H3,(H,24,30)(H2,25,26,27,28)/t15-,16+. The number of benzene rings is 1. The van der Waals surface area contributed by atoms with E-state index < -0.39 is 0 Å². The molecule has 3 aromatic rings. The van der Waals surface area contributed by atoms with Crippen molar-refractivity contribution in [3.05, 3.63) is 48.4 Å². The van der Waals surface area contributed by atoms with Crippen molar-refractivity contribution in [2.45, 2.75) is 37.8 Å². The Morgan fingerprint density at radius 3 is 2.48 bits per heavy atom. The topological polar surface area (TPSA) is 82.2 Å². The number of nitrogens with zero attached hydrogens (tertiary/aromatic N) is 3. The van der Waals surface area contributed by atoms with Crippen LogP contribution in [0.3, 0.4) is 0 Å². The molecule has 0 radical (unpaired) electrons. The summed E-state index contributed by atoms with van der Waals surface area (Å²) < 4.78 is 1.07. The monoisotopic (exact) mass is 436 g/mol. The fourth-order valence-corrected chi connectivity index (χ4v) is 4.61. The highest BCUT2D eigenvalue weighted by Crippen LogP contribution is 2.31. The first-order chi connectivity index (χ1) is 15.0. The number of amides is 1. The van der Waals surface area contributed by atoms with Crippen LogP contribution in [0.5, 0.6) is 0 Å². The van der Waals surface area contributed by atoms with Gasteiger partial charge in [0.2, 0.25) is 11.9 Å². The second-order valence-corrected chi connectivity index (χ2v) is 8.92. The molecular weight excluding hydrogens is 408 g/mol. The molecule has 0 atom stereocenters. The highest BCUT2D eigenvalue weighted by atomic mass is 32.1. The van der Waals surface area contributed by atoms with Gasteiger partial charge < -0.3 is 20.9 Å². The number of hydrogen-bond donors (Lipinski definition) is 3. The summed E-state index contributed by atoms with van der Waals surface area (Å²) in [6, 6.07) is 10.8. The summed E-state index contributed by atoms with van der Waals surface area (Å²) in [7, 11) is 4.05. The number of thiophene rings is 1. The van der Waals surface area contributed by atoms with Crippen LogP contribution in [0.2, 0.25) is 0 Å². The molecule has 0 saturated heterocycles. The average molecular weight is 437 g/mol. The highest BCUT2D eigenvalue weighted by molar-refractivity contribution is 7.17. The lowest BCUT2D eigenvalue weighted by Gasteiger charge is -2.29. The molecule has 4 rings (SSSR count). The molecule has 1 aromatic carbocycles. The third-order valence-corrected chi connectivity index (χ3v) is 6.45. The molecule has 1 fully saturated rings. The van der Waals surface area contributed by atoms with Gasteiger partial charge in [-0.1, -0.05) is 6.58 Å². The van der Waals surface area contributed by atoms with E-state index in [0.717, 1.165) is 53.1 Å². The number of hydrogen-bond acceptors (Lipinski definition) is 7. The Kier molecular flexibility index (Phi) is 6.36. The van der Waals surface area contributed by atoms with Gasteiger partial charge in [-0.25, -0.2) is 4.98 Å². The van der Waals surface area contributed by atoms with Gasteiger partial charge in [0, 0.05) is 37.6 Å². The molecule has 7 nitrogen and oxygen atoms in total. The van der Waals surface area contributed by atoms with Crippen LogP contribution in [0, 0.1) is 0 Å². The van der Waals surface area contributed by atoms with E-state index in [1.165, 1.54) is 6.08 Å². The van der Waals surface area contributed by atoms with Crippen LogP contribution in [-0.2, 0) is 4.79 Å². The summed E-state index contributed by atoms with van der Waals surface area (Å²) in [4.78, 5) is 23.1. The van der Waals surface area contributed by atoms with Gasteiger partial charge in [-0.05, 0) is 67.5 Å². The summed E-state index contributed by atoms with van der Waals surface area (Å²) in [6.45, 7) is 3.53. The van der Waals surface area contributed by atoms with E-state index in [2.05, 4.69) is 44.5 Å². The molecule has 3 N–H and O–H groups in total. The van der Waals surface area contributed by atoms with E-state index in [0.29, 0.717) is 12.0 Å². The number of anilines is 4. The van der Waals surface area contributed by atoms with Crippen molar-refractivity contribution >= 4 is 50.6 Å². The van der Waals surface area contributed by atoms with Crippen molar-refractivity contribution in [2.24, 2.45) is 0 Å². The zero-order valence-electron chi connectivity index (χ0n) is 17.9. The lowest BCUT2D eigenvalue weighted by Crippen LogP contribution is -2.39. The zero-order chi connectivity index (χ0) is 21.8. The molecule has 8 heteroatoms. The van der Waals surface area contributed by atoms with Crippen molar-refractivity contribution in [2.75, 3.05) is 29.6 Å². The maximum atomic E-state index is 11.5. The van der Waals surface area contributed by atoms with Crippen LogP contribution in [0.1, 0.15) is 25.7 Å². The fourth-order valence-electron chi connectivity index (χ4n) is 3.82. The van der Waals surface area contributed by atoms with Crippen molar-refractivity contribution < 1.29 is 4.79 Å². The number of nitrogens with one attached hydrogen (secondary N) is 3. The van der Waals surface area contributed by atoms with Gasteiger partial charge in [-0.3, -0.25) is 4.79 Å². The number of carbonyl (C=O) groups excluding carboxylic acids is 1. The molecule has 0 aliphatic heterocycles. The van der Waals surface area contributed by atoms with Crippen molar-refractivity contribution in [1.29, 1.82) is 0 Å². The minimum absolute atomic E-state index is 0.0955. The predicted molar refractivity (Wildman–Crippen MR) is 129 cm³/mol. The second-order valence-electron chi connectivity index (χ2n) is 8.00. The van der Waals surface area contributed by atoms with Crippen LogP contribution >= 0.6 is 11.3 Å². The molecule has 1 amide bonds. The van der Waals surface area contributed by atoms with Gasteiger partial charge >= 0.3 is 0 Å². The Balaban J connectivity index is 1.46. The summed E-state index contributed by atoms with van der Waals surface area (Å²) in [6.07, 6.45) is 5.18. The van der Waals surface area contributed by atoms with Crippen LogP contribution in [-0.4, -0.2) is 42.1 Å². The zero-order valence-corrected chi connectivity index (χ0v) is 18.7. The third-order valence-electron chi connectivity index (χ3n) is 5.54. The third kappa shape index (κ3) is 5.14. The van der Waals surface area contributed by atoms with E-state index >= 15 is 0 Å². The fraction of sp³-hybridized carbons (Fsp3) is 0.348. The minimum Gasteiger partial charge on any atom is -0.378 e. The molecule has 0 bridgehead atoms. The van der Waals surface area contributed by atoms with E-state index in [9.17, 15) is 4.79 Å². The molecule has 31 heavy (non-hydrogen) atoms. The number of rotatable bonds is 7. The van der Waals surface area contributed by atoms with Crippen LogP contribution < -0.4 is 20.9 Å². The Morgan fingerprint density at radius 2 is 1.81 bits per heavy atom. The van der Waals surface area contributed by atoms with Gasteiger partial charge in [-0.2, -0.15) is 4.98 Å². The van der Waals surface area contributed by atoms with Crippen LogP contribution in [0.15, 0.2) is 48.4 Å².